The van der Waals surface area contributed by atoms with Gasteiger partial charge in [0.05, 0.1) is 24.0 Å². The largest absolute Gasteiger partial charge is 0.384 e. The quantitative estimate of drug-likeness (QED) is 0.804. The van der Waals surface area contributed by atoms with Crippen LogP contribution in [0.2, 0.25) is 0 Å². The lowest BCUT2D eigenvalue weighted by molar-refractivity contribution is -0.119. The third kappa shape index (κ3) is 4.77. The third-order valence-corrected chi connectivity index (χ3v) is 4.74. The van der Waals surface area contributed by atoms with E-state index in [1.165, 1.54) is 6.07 Å². The second-order valence-electron chi connectivity index (χ2n) is 6.30. The van der Waals surface area contributed by atoms with Crippen LogP contribution in [0.4, 0.5) is 11.5 Å². The first-order valence-corrected chi connectivity index (χ1v) is 10.2. The van der Waals surface area contributed by atoms with Crippen LogP contribution in [0.1, 0.15) is 12.1 Å². The number of sulfone groups is 1. The van der Waals surface area contributed by atoms with E-state index in [1.807, 2.05) is 0 Å². The fourth-order valence-electron chi connectivity index (χ4n) is 2.68. The lowest BCUT2D eigenvalue weighted by atomic mass is 10.1. The average molecular weight is 376 g/mol. The van der Waals surface area contributed by atoms with Gasteiger partial charge in [0.15, 0.2) is 15.7 Å². The van der Waals surface area contributed by atoms with Crippen LogP contribution >= 0.6 is 0 Å². The zero-order valence-corrected chi connectivity index (χ0v) is 15.1. The number of nitrogens with two attached hydrogens (primary N) is 1. The van der Waals surface area contributed by atoms with E-state index >= 15 is 0 Å². The predicted octanol–water partition coefficient (Wildman–Crippen LogP) is 1.25. The Kier molecular flexibility index (Phi) is 5.19. The molecule has 1 aliphatic heterocycles. The molecule has 1 atom stereocenters. The molecular weight excluding hydrogens is 356 g/mol. The fourth-order valence-corrected chi connectivity index (χ4v) is 3.36. The molecule has 1 aromatic heterocycles. The highest BCUT2D eigenvalue weighted by Crippen LogP contribution is 2.21. The van der Waals surface area contributed by atoms with Crippen molar-refractivity contribution < 1.29 is 17.9 Å². The molecule has 8 nitrogen and oxygen atoms in total. The summed E-state index contributed by atoms with van der Waals surface area (Å²) in [5.74, 6) is 0.152. The van der Waals surface area contributed by atoms with Crippen molar-refractivity contribution in [1.29, 1.82) is 0 Å². The molecule has 3 N–H and O–H groups in total. The molecule has 9 heteroatoms. The van der Waals surface area contributed by atoms with Gasteiger partial charge in [-0.05, 0) is 30.7 Å². The molecule has 26 heavy (non-hydrogen) atoms. The summed E-state index contributed by atoms with van der Waals surface area (Å²) in [6.45, 7) is 1.06. The molecule has 0 spiro atoms. The van der Waals surface area contributed by atoms with E-state index in [-0.39, 0.29) is 23.4 Å². The van der Waals surface area contributed by atoms with Crippen LogP contribution in [0.15, 0.2) is 30.3 Å². The predicted molar refractivity (Wildman–Crippen MR) is 98.0 cm³/mol. The van der Waals surface area contributed by atoms with Gasteiger partial charge < -0.3 is 15.8 Å². The highest BCUT2D eigenvalue weighted by Gasteiger charge is 2.23. The Morgan fingerprint density at radius 3 is 2.65 bits per heavy atom. The number of carbonyl (C=O) groups is 1. The first kappa shape index (κ1) is 18.3. The standard InChI is InChI=1S/C17H20N4O4S/c1-26(23,24)10-14-8-15(18)21-16(19-14)11-2-4-13(5-3-11)20-17(22)12-6-7-25-9-12/h2-5,8,12H,6-7,9-10H2,1H3,(H,20,22)(H2,18,19,21). The normalized spacial score (nSPS) is 17.2. The summed E-state index contributed by atoms with van der Waals surface area (Å²) >= 11 is 0. The Morgan fingerprint density at radius 1 is 1.31 bits per heavy atom. The van der Waals surface area contributed by atoms with Gasteiger partial charge in [-0.25, -0.2) is 18.4 Å². The molecule has 1 saturated heterocycles. The Bertz CT molecular complexity index is 907. The molecule has 2 heterocycles. The van der Waals surface area contributed by atoms with Gasteiger partial charge in [-0.2, -0.15) is 0 Å². The molecular formula is C17H20N4O4S. The number of anilines is 2. The van der Waals surface area contributed by atoms with Crippen LogP contribution in [0, 0.1) is 5.92 Å². The SMILES string of the molecule is CS(=O)(=O)Cc1cc(N)nc(-c2ccc(NC(=O)C3CCOC3)cc2)n1. The average Bonchev–Trinajstić information content (AvgIpc) is 3.08. The van der Waals surface area contributed by atoms with Crippen LogP contribution in [-0.4, -0.2) is 43.8 Å². The van der Waals surface area contributed by atoms with Crippen molar-refractivity contribution in [2.45, 2.75) is 12.2 Å². The third-order valence-electron chi connectivity index (χ3n) is 3.92. The number of nitrogens with one attached hydrogen (secondary N) is 1. The van der Waals surface area contributed by atoms with E-state index in [0.29, 0.717) is 36.0 Å². The van der Waals surface area contributed by atoms with E-state index < -0.39 is 9.84 Å². The monoisotopic (exact) mass is 376 g/mol. The maximum atomic E-state index is 12.1. The second kappa shape index (κ2) is 7.38. The van der Waals surface area contributed by atoms with Gasteiger partial charge in [0.25, 0.3) is 0 Å². The minimum absolute atomic E-state index is 0.0640. The Hall–Kier alpha value is -2.52. The summed E-state index contributed by atoms with van der Waals surface area (Å²) in [4.78, 5) is 20.5. The van der Waals surface area contributed by atoms with E-state index in [9.17, 15) is 13.2 Å². The van der Waals surface area contributed by atoms with Crippen molar-refractivity contribution in [3.8, 4) is 11.4 Å². The number of amides is 1. The fraction of sp³-hybridized carbons (Fsp3) is 0.353. The van der Waals surface area contributed by atoms with E-state index in [4.69, 9.17) is 10.5 Å². The van der Waals surface area contributed by atoms with Gasteiger partial charge in [0.2, 0.25) is 5.91 Å². The molecule has 0 aliphatic carbocycles. The maximum Gasteiger partial charge on any atom is 0.229 e. The number of hydrogen-bond donors (Lipinski definition) is 2. The highest BCUT2D eigenvalue weighted by molar-refractivity contribution is 7.89. The van der Waals surface area contributed by atoms with Gasteiger partial charge in [-0.15, -0.1) is 0 Å². The molecule has 1 unspecified atom stereocenters. The summed E-state index contributed by atoms with van der Waals surface area (Å²) in [6.07, 6.45) is 1.86. The van der Waals surface area contributed by atoms with Crippen LogP contribution in [0.5, 0.6) is 0 Å². The maximum absolute atomic E-state index is 12.1. The zero-order valence-electron chi connectivity index (χ0n) is 14.3. The topological polar surface area (TPSA) is 124 Å². The molecule has 0 bridgehead atoms. The number of rotatable bonds is 5. The molecule has 138 valence electrons. The van der Waals surface area contributed by atoms with E-state index in [1.54, 1.807) is 24.3 Å². The lowest BCUT2D eigenvalue weighted by Crippen LogP contribution is -2.22. The van der Waals surface area contributed by atoms with Gasteiger partial charge in [-0.3, -0.25) is 4.79 Å². The molecule has 1 fully saturated rings. The minimum Gasteiger partial charge on any atom is -0.384 e. The van der Waals surface area contributed by atoms with Crippen molar-refractivity contribution in [3.63, 3.8) is 0 Å². The molecule has 1 aliphatic rings. The van der Waals surface area contributed by atoms with Crippen molar-refractivity contribution in [1.82, 2.24) is 9.97 Å². The second-order valence-corrected chi connectivity index (χ2v) is 8.45. The van der Waals surface area contributed by atoms with Crippen molar-refractivity contribution in [3.05, 3.63) is 36.0 Å². The number of benzene rings is 1. The van der Waals surface area contributed by atoms with Gasteiger partial charge in [0.1, 0.15) is 5.82 Å². The molecule has 0 saturated carbocycles. The first-order valence-electron chi connectivity index (χ1n) is 8.10. The molecule has 2 aromatic rings. The summed E-state index contributed by atoms with van der Waals surface area (Å²) in [6, 6.07) is 8.43. The molecule has 1 aromatic carbocycles. The van der Waals surface area contributed by atoms with E-state index in [2.05, 4.69) is 15.3 Å². The van der Waals surface area contributed by atoms with Gasteiger partial charge in [-0.1, -0.05) is 0 Å². The van der Waals surface area contributed by atoms with Crippen LogP contribution < -0.4 is 11.1 Å². The highest BCUT2D eigenvalue weighted by atomic mass is 32.2. The Morgan fingerprint density at radius 2 is 2.04 bits per heavy atom. The summed E-state index contributed by atoms with van der Waals surface area (Å²) < 4.78 is 28.1. The van der Waals surface area contributed by atoms with E-state index in [0.717, 1.165) is 12.7 Å². The number of hydrogen-bond acceptors (Lipinski definition) is 7. The first-order chi connectivity index (χ1) is 12.3. The molecule has 3 rings (SSSR count). The lowest BCUT2D eigenvalue weighted by Gasteiger charge is -2.10. The number of nitrogens with zero attached hydrogens (tertiary/aromatic N) is 2. The van der Waals surface area contributed by atoms with Crippen LogP contribution in [-0.2, 0) is 25.1 Å². The summed E-state index contributed by atoms with van der Waals surface area (Å²) in [5.41, 5.74) is 7.44. The molecule has 0 radical (unpaired) electrons. The van der Waals surface area contributed by atoms with Crippen molar-refractivity contribution in [2.24, 2.45) is 5.92 Å². The smallest absolute Gasteiger partial charge is 0.229 e. The minimum atomic E-state index is -3.22. The summed E-state index contributed by atoms with van der Waals surface area (Å²) in [5, 5.41) is 2.85. The molecule has 1 amide bonds. The van der Waals surface area contributed by atoms with Crippen LogP contribution in [0.3, 0.4) is 0 Å². The summed E-state index contributed by atoms with van der Waals surface area (Å²) in [7, 11) is -3.22. The number of aromatic nitrogens is 2. The van der Waals surface area contributed by atoms with Gasteiger partial charge >= 0.3 is 0 Å². The van der Waals surface area contributed by atoms with Crippen molar-refractivity contribution >= 4 is 27.2 Å². The Balaban J connectivity index is 1.76. The Labute approximate surface area is 151 Å². The number of nitrogen functional groups attached to an aromatic ring is 1. The zero-order chi connectivity index (χ0) is 18.7. The van der Waals surface area contributed by atoms with Crippen molar-refractivity contribution in [2.75, 3.05) is 30.5 Å². The number of ether oxygens (including phenoxy) is 1. The number of carbonyl (C=O) groups excluding carboxylic acids is 1. The van der Waals surface area contributed by atoms with Crippen LogP contribution in [0.25, 0.3) is 11.4 Å². The van der Waals surface area contributed by atoms with Gasteiger partial charge in [0, 0.05) is 30.2 Å².